The summed E-state index contributed by atoms with van der Waals surface area (Å²) >= 11 is 6.26. The maximum absolute atomic E-state index is 13.0. The Bertz CT molecular complexity index is 894. The van der Waals surface area contributed by atoms with Crippen LogP contribution in [0, 0.1) is 6.92 Å². The molecule has 7 heteroatoms. The number of nitrogens with zero attached hydrogens (tertiary/aromatic N) is 2. The van der Waals surface area contributed by atoms with Crippen LogP contribution < -0.4 is 9.64 Å². The number of anilines is 1. The molecule has 0 atom stereocenters. The van der Waals surface area contributed by atoms with E-state index < -0.39 is 10.0 Å². The highest BCUT2D eigenvalue weighted by Gasteiger charge is 2.29. The first kappa shape index (κ1) is 20.0. The van der Waals surface area contributed by atoms with Crippen LogP contribution in [-0.4, -0.2) is 45.5 Å². The minimum atomic E-state index is -3.52. The molecule has 1 fully saturated rings. The number of aryl methyl sites for hydroxylation is 1. The minimum absolute atomic E-state index is 0.315. The van der Waals surface area contributed by atoms with Gasteiger partial charge in [0.1, 0.15) is 5.75 Å². The number of hydrogen-bond donors (Lipinski definition) is 0. The van der Waals surface area contributed by atoms with Gasteiger partial charge in [0.05, 0.1) is 22.2 Å². The summed E-state index contributed by atoms with van der Waals surface area (Å²) in [6.45, 7) is 6.62. The third-order valence-electron chi connectivity index (χ3n) is 4.68. The van der Waals surface area contributed by atoms with E-state index in [4.69, 9.17) is 16.3 Å². The molecular weight excluding hydrogens is 384 g/mol. The average molecular weight is 409 g/mol. The molecule has 0 aliphatic carbocycles. The van der Waals surface area contributed by atoms with Crippen molar-refractivity contribution in [3.05, 3.63) is 53.1 Å². The topological polar surface area (TPSA) is 49.9 Å². The fourth-order valence-corrected chi connectivity index (χ4v) is 4.95. The Labute approximate surface area is 166 Å². The van der Waals surface area contributed by atoms with Crippen molar-refractivity contribution in [2.45, 2.75) is 25.2 Å². The molecule has 1 saturated heterocycles. The van der Waals surface area contributed by atoms with Crippen LogP contribution >= 0.6 is 11.6 Å². The Morgan fingerprint density at radius 3 is 2.41 bits per heavy atom. The molecule has 5 nitrogen and oxygen atoms in total. The van der Waals surface area contributed by atoms with Crippen LogP contribution in [0.2, 0.25) is 5.02 Å². The molecule has 0 unspecified atom stereocenters. The van der Waals surface area contributed by atoms with Gasteiger partial charge in [0, 0.05) is 26.2 Å². The predicted molar refractivity (Wildman–Crippen MR) is 109 cm³/mol. The largest absolute Gasteiger partial charge is 0.493 e. The van der Waals surface area contributed by atoms with Crippen molar-refractivity contribution < 1.29 is 13.2 Å². The molecule has 0 aromatic heterocycles. The Morgan fingerprint density at radius 2 is 1.78 bits per heavy atom. The first-order chi connectivity index (χ1) is 12.9. The summed E-state index contributed by atoms with van der Waals surface area (Å²) in [5.41, 5.74) is 1.78. The van der Waals surface area contributed by atoms with Gasteiger partial charge in [0.25, 0.3) is 0 Å². The SMILES string of the molecule is CCCOc1ccc(S(=O)(=O)N2CCN(c3ccccc3Cl)CC2)cc1C. The predicted octanol–water partition coefficient (Wildman–Crippen LogP) is 3.95. The monoisotopic (exact) mass is 408 g/mol. The van der Waals surface area contributed by atoms with E-state index in [0.717, 1.165) is 23.4 Å². The van der Waals surface area contributed by atoms with Gasteiger partial charge >= 0.3 is 0 Å². The van der Waals surface area contributed by atoms with E-state index >= 15 is 0 Å². The average Bonchev–Trinajstić information content (AvgIpc) is 2.67. The molecule has 27 heavy (non-hydrogen) atoms. The lowest BCUT2D eigenvalue weighted by molar-refractivity contribution is 0.315. The third-order valence-corrected chi connectivity index (χ3v) is 6.89. The minimum Gasteiger partial charge on any atom is -0.493 e. The van der Waals surface area contributed by atoms with Crippen molar-refractivity contribution in [2.75, 3.05) is 37.7 Å². The van der Waals surface area contributed by atoms with E-state index in [0.29, 0.717) is 42.7 Å². The van der Waals surface area contributed by atoms with Crippen LogP contribution in [0.25, 0.3) is 0 Å². The summed E-state index contributed by atoms with van der Waals surface area (Å²) in [6, 6.07) is 12.7. The van der Waals surface area contributed by atoms with Crippen molar-refractivity contribution in [3.63, 3.8) is 0 Å². The molecule has 0 bridgehead atoms. The Hall–Kier alpha value is -1.76. The van der Waals surface area contributed by atoms with E-state index in [-0.39, 0.29) is 0 Å². The number of halogens is 1. The quantitative estimate of drug-likeness (QED) is 0.726. The maximum Gasteiger partial charge on any atom is 0.243 e. The summed E-state index contributed by atoms with van der Waals surface area (Å²) < 4.78 is 33.2. The summed E-state index contributed by atoms with van der Waals surface area (Å²) in [7, 11) is -3.52. The molecule has 0 radical (unpaired) electrons. The highest BCUT2D eigenvalue weighted by atomic mass is 35.5. The first-order valence-corrected chi connectivity index (χ1v) is 11.0. The molecule has 1 aliphatic rings. The second-order valence-corrected chi connectivity index (χ2v) is 8.96. The van der Waals surface area contributed by atoms with Crippen LogP contribution in [0.1, 0.15) is 18.9 Å². The molecule has 3 rings (SSSR count). The molecular formula is C20H25ClN2O3S. The van der Waals surface area contributed by atoms with Gasteiger partial charge in [0.15, 0.2) is 0 Å². The van der Waals surface area contributed by atoms with Crippen molar-refractivity contribution in [3.8, 4) is 5.75 Å². The Kier molecular flexibility index (Phi) is 6.29. The standard InChI is InChI=1S/C20H25ClN2O3S/c1-3-14-26-20-9-8-17(15-16(20)2)27(24,25)23-12-10-22(11-13-23)19-7-5-4-6-18(19)21/h4-9,15H,3,10-14H2,1-2H3. The van der Waals surface area contributed by atoms with Gasteiger partial charge < -0.3 is 9.64 Å². The zero-order valence-corrected chi connectivity index (χ0v) is 17.3. The number of ether oxygens (including phenoxy) is 1. The summed E-state index contributed by atoms with van der Waals surface area (Å²) in [5.74, 6) is 0.735. The highest BCUT2D eigenvalue weighted by molar-refractivity contribution is 7.89. The van der Waals surface area contributed by atoms with Crippen LogP contribution in [0.5, 0.6) is 5.75 Å². The van der Waals surface area contributed by atoms with Crippen molar-refractivity contribution >= 4 is 27.3 Å². The number of benzene rings is 2. The number of piperazine rings is 1. The van der Waals surface area contributed by atoms with E-state index in [1.807, 2.05) is 38.1 Å². The lowest BCUT2D eigenvalue weighted by Crippen LogP contribution is -2.48. The number of rotatable bonds is 6. The summed E-state index contributed by atoms with van der Waals surface area (Å²) in [5, 5.41) is 0.687. The van der Waals surface area contributed by atoms with Gasteiger partial charge in [-0.25, -0.2) is 8.42 Å². The zero-order chi connectivity index (χ0) is 19.4. The van der Waals surface area contributed by atoms with Gasteiger partial charge in [-0.05, 0) is 49.2 Å². The van der Waals surface area contributed by atoms with Gasteiger partial charge in [0.2, 0.25) is 10.0 Å². The molecule has 0 saturated carbocycles. The van der Waals surface area contributed by atoms with Crippen molar-refractivity contribution in [1.29, 1.82) is 0 Å². The normalized spacial score (nSPS) is 15.7. The maximum atomic E-state index is 13.0. The number of sulfonamides is 1. The molecule has 0 spiro atoms. The van der Waals surface area contributed by atoms with Crippen molar-refractivity contribution in [2.24, 2.45) is 0 Å². The van der Waals surface area contributed by atoms with Crippen LogP contribution in [0.4, 0.5) is 5.69 Å². The number of para-hydroxylation sites is 1. The third kappa shape index (κ3) is 4.39. The molecule has 0 N–H and O–H groups in total. The molecule has 0 amide bonds. The molecule has 1 heterocycles. The van der Waals surface area contributed by atoms with E-state index in [9.17, 15) is 8.42 Å². The fourth-order valence-electron chi connectivity index (χ4n) is 3.18. The lowest BCUT2D eigenvalue weighted by atomic mass is 10.2. The first-order valence-electron chi connectivity index (χ1n) is 9.16. The Morgan fingerprint density at radius 1 is 1.07 bits per heavy atom. The van der Waals surface area contributed by atoms with Crippen molar-refractivity contribution in [1.82, 2.24) is 4.31 Å². The fraction of sp³-hybridized carbons (Fsp3) is 0.400. The lowest BCUT2D eigenvalue weighted by Gasteiger charge is -2.35. The summed E-state index contributed by atoms with van der Waals surface area (Å²) in [6.07, 6.45) is 0.912. The van der Waals surface area contributed by atoms with Gasteiger partial charge in [-0.1, -0.05) is 30.7 Å². The highest BCUT2D eigenvalue weighted by Crippen LogP contribution is 2.28. The molecule has 146 valence electrons. The molecule has 2 aromatic rings. The smallest absolute Gasteiger partial charge is 0.243 e. The molecule has 2 aromatic carbocycles. The van der Waals surface area contributed by atoms with E-state index in [2.05, 4.69) is 4.90 Å². The van der Waals surface area contributed by atoms with E-state index in [1.165, 1.54) is 0 Å². The van der Waals surface area contributed by atoms with Crippen LogP contribution in [-0.2, 0) is 10.0 Å². The zero-order valence-electron chi connectivity index (χ0n) is 15.7. The van der Waals surface area contributed by atoms with Gasteiger partial charge in [-0.2, -0.15) is 4.31 Å². The second kappa shape index (κ2) is 8.50. The molecule has 1 aliphatic heterocycles. The van der Waals surface area contributed by atoms with Gasteiger partial charge in [-0.15, -0.1) is 0 Å². The van der Waals surface area contributed by atoms with Crippen LogP contribution in [0.15, 0.2) is 47.4 Å². The van der Waals surface area contributed by atoms with Crippen LogP contribution in [0.3, 0.4) is 0 Å². The van der Waals surface area contributed by atoms with E-state index in [1.54, 1.807) is 22.5 Å². The Balaban J connectivity index is 1.71. The summed E-state index contributed by atoms with van der Waals surface area (Å²) in [4.78, 5) is 2.44. The van der Waals surface area contributed by atoms with Gasteiger partial charge in [-0.3, -0.25) is 0 Å². The second-order valence-electron chi connectivity index (χ2n) is 6.62. The number of hydrogen-bond acceptors (Lipinski definition) is 4.